The predicted octanol–water partition coefficient (Wildman–Crippen LogP) is 1.37. The van der Waals surface area contributed by atoms with E-state index in [9.17, 15) is 13.6 Å². The van der Waals surface area contributed by atoms with Gasteiger partial charge in [0.15, 0.2) is 0 Å². The van der Waals surface area contributed by atoms with Crippen LogP contribution in [0.3, 0.4) is 0 Å². The summed E-state index contributed by atoms with van der Waals surface area (Å²) in [4.78, 5) is 12.3. The van der Waals surface area contributed by atoms with Crippen molar-refractivity contribution in [3.05, 3.63) is 0 Å². The first-order valence-electron chi connectivity index (χ1n) is 2.48. The summed E-state index contributed by atoms with van der Waals surface area (Å²) < 4.78 is 23.7. The Morgan fingerprint density at radius 2 is 2.22 bits per heavy atom. The Bertz CT molecular complexity index is 123. The van der Waals surface area contributed by atoms with Crippen LogP contribution in [-0.2, 0) is 4.79 Å². The number of halogens is 2. The fourth-order valence-electron chi connectivity index (χ4n) is 0.298. The molecule has 0 aromatic heterocycles. The Morgan fingerprint density at radius 3 is 2.56 bits per heavy atom. The molecule has 0 amide bonds. The molecule has 0 N–H and O–H groups in total. The second kappa shape index (κ2) is 3.30. The molecular weight excluding hydrogens is 128 g/mol. The van der Waals surface area contributed by atoms with Crippen LogP contribution in [0, 0.1) is 0 Å². The number of hydrogen-bond acceptors (Lipinski definition) is 2. The molecule has 0 saturated heterocycles. The lowest BCUT2D eigenvalue weighted by Gasteiger charge is -2.04. The third kappa shape index (κ3) is 7.24. The van der Waals surface area contributed by atoms with Crippen molar-refractivity contribution in [1.82, 2.24) is 0 Å². The van der Waals surface area contributed by atoms with Gasteiger partial charge >= 0.3 is 0 Å². The highest BCUT2D eigenvalue weighted by molar-refractivity contribution is 5.32. The van der Waals surface area contributed by atoms with Crippen LogP contribution in [0.4, 0.5) is 8.78 Å². The van der Waals surface area contributed by atoms with Gasteiger partial charge in [0.05, 0.1) is 6.54 Å². The quantitative estimate of drug-likeness (QED) is 0.424. The molecule has 2 nitrogen and oxygen atoms in total. The standard InChI is InChI=1S/C5H7F2NO/c1-5(6,7)2-3-8-4-9/h2-3H2,1H3. The monoisotopic (exact) mass is 135 g/mol. The van der Waals surface area contributed by atoms with Crippen molar-refractivity contribution in [2.24, 2.45) is 4.99 Å². The van der Waals surface area contributed by atoms with Gasteiger partial charge in [0.25, 0.3) is 0 Å². The van der Waals surface area contributed by atoms with Crippen molar-refractivity contribution < 1.29 is 13.6 Å². The lowest BCUT2D eigenvalue weighted by molar-refractivity contribution is 0.0158. The zero-order chi connectivity index (χ0) is 7.33. The summed E-state index contributed by atoms with van der Waals surface area (Å²) >= 11 is 0. The Morgan fingerprint density at radius 1 is 1.67 bits per heavy atom. The van der Waals surface area contributed by atoms with Gasteiger partial charge in [-0.2, -0.15) is 0 Å². The van der Waals surface area contributed by atoms with Crippen molar-refractivity contribution in [3.63, 3.8) is 0 Å². The van der Waals surface area contributed by atoms with Gasteiger partial charge in [-0.05, 0) is 6.92 Å². The van der Waals surface area contributed by atoms with Crippen LogP contribution in [0.15, 0.2) is 4.99 Å². The molecule has 0 radical (unpaired) electrons. The van der Waals surface area contributed by atoms with Crippen molar-refractivity contribution in [1.29, 1.82) is 0 Å². The normalized spacial score (nSPS) is 10.6. The van der Waals surface area contributed by atoms with Crippen LogP contribution >= 0.6 is 0 Å². The maximum Gasteiger partial charge on any atom is 0.247 e. The zero-order valence-electron chi connectivity index (χ0n) is 5.03. The average molecular weight is 135 g/mol. The van der Waals surface area contributed by atoms with Crippen LogP contribution in [-0.4, -0.2) is 18.5 Å². The van der Waals surface area contributed by atoms with E-state index in [0.717, 1.165) is 6.92 Å². The molecule has 0 aromatic carbocycles. The van der Waals surface area contributed by atoms with E-state index in [2.05, 4.69) is 4.99 Å². The Hall–Kier alpha value is -0.760. The largest absolute Gasteiger partial charge is 0.247 e. The highest BCUT2D eigenvalue weighted by atomic mass is 19.3. The number of nitrogens with zero attached hydrogens (tertiary/aromatic N) is 1. The summed E-state index contributed by atoms with van der Waals surface area (Å²) in [6.07, 6.45) is 0.795. The molecule has 4 heteroatoms. The smallest absolute Gasteiger partial charge is 0.211 e. The van der Waals surface area contributed by atoms with Crippen molar-refractivity contribution in [2.45, 2.75) is 19.3 Å². The van der Waals surface area contributed by atoms with Gasteiger partial charge in [0, 0.05) is 6.42 Å². The van der Waals surface area contributed by atoms with E-state index in [-0.39, 0.29) is 13.0 Å². The predicted molar refractivity (Wildman–Crippen MR) is 28.2 cm³/mol. The maximum absolute atomic E-state index is 11.9. The van der Waals surface area contributed by atoms with Crippen molar-refractivity contribution in [3.8, 4) is 0 Å². The molecule has 0 aliphatic carbocycles. The van der Waals surface area contributed by atoms with E-state index in [0.29, 0.717) is 0 Å². The maximum atomic E-state index is 11.9. The van der Waals surface area contributed by atoms with Gasteiger partial charge in [-0.3, -0.25) is 0 Å². The summed E-state index contributed by atoms with van der Waals surface area (Å²) in [5.74, 6) is -2.72. The molecule has 52 valence electrons. The van der Waals surface area contributed by atoms with Crippen molar-refractivity contribution in [2.75, 3.05) is 6.54 Å². The number of rotatable bonds is 3. The molecule has 0 bridgehead atoms. The second-order valence-electron chi connectivity index (χ2n) is 1.79. The van der Waals surface area contributed by atoms with Crippen LogP contribution in [0.25, 0.3) is 0 Å². The second-order valence-corrected chi connectivity index (χ2v) is 1.79. The first kappa shape index (κ1) is 8.24. The summed E-state index contributed by atoms with van der Waals surface area (Å²) in [5, 5.41) is 0. The molecule has 0 unspecified atom stereocenters. The Balaban J connectivity index is 3.39. The van der Waals surface area contributed by atoms with E-state index in [1.54, 1.807) is 0 Å². The number of carbonyl (C=O) groups excluding carboxylic acids is 1. The fraction of sp³-hybridized carbons (Fsp3) is 0.800. The van der Waals surface area contributed by atoms with Gasteiger partial charge < -0.3 is 0 Å². The summed E-state index contributed by atoms with van der Waals surface area (Å²) in [5.41, 5.74) is 0. The number of alkyl halides is 2. The molecule has 0 fully saturated rings. The van der Waals surface area contributed by atoms with Gasteiger partial charge in [-0.15, -0.1) is 0 Å². The summed E-state index contributed by atoms with van der Waals surface area (Å²) in [6, 6.07) is 0. The Labute approximate surface area is 51.6 Å². The number of hydrogen-bond donors (Lipinski definition) is 0. The van der Waals surface area contributed by atoms with Gasteiger partial charge in [0.1, 0.15) is 0 Å². The lowest BCUT2D eigenvalue weighted by atomic mass is 10.3. The van der Waals surface area contributed by atoms with Crippen LogP contribution in [0.1, 0.15) is 13.3 Å². The first-order valence-corrected chi connectivity index (χ1v) is 2.48. The van der Waals surface area contributed by atoms with E-state index < -0.39 is 5.92 Å². The molecule has 0 aliphatic rings. The van der Waals surface area contributed by atoms with Gasteiger partial charge in [-0.25, -0.2) is 18.6 Å². The number of aliphatic imine (C=N–C) groups is 1. The van der Waals surface area contributed by atoms with E-state index >= 15 is 0 Å². The average Bonchev–Trinajstić information content (AvgIpc) is 1.63. The van der Waals surface area contributed by atoms with Gasteiger partial charge in [-0.1, -0.05) is 0 Å². The molecule has 0 heterocycles. The van der Waals surface area contributed by atoms with Crippen molar-refractivity contribution >= 4 is 6.08 Å². The summed E-state index contributed by atoms with van der Waals surface area (Å²) in [6.45, 7) is 0.639. The van der Waals surface area contributed by atoms with Crippen LogP contribution in [0.2, 0.25) is 0 Å². The van der Waals surface area contributed by atoms with Gasteiger partial charge in [0.2, 0.25) is 12.0 Å². The third-order valence-corrected chi connectivity index (χ3v) is 0.727. The van der Waals surface area contributed by atoms with Crippen LogP contribution in [0.5, 0.6) is 0 Å². The van der Waals surface area contributed by atoms with E-state index in [1.165, 1.54) is 6.08 Å². The molecule has 0 atom stereocenters. The topological polar surface area (TPSA) is 29.4 Å². The first-order chi connectivity index (χ1) is 4.06. The highest BCUT2D eigenvalue weighted by Crippen LogP contribution is 2.15. The minimum atomic E-state index is -2.72. The molecule has 0 saturated carbocycles. The van der Waals surface area contributed by atoms with E-state index in [1.807, 2.05) is 0 Å². The SMILES string of the molecule is CC(F)(F)CCN=C=O. The molecular formula is C5H7F2NO. The molecule has 9 heavy (non-hydrogen) atoms. The minimum Gasteiger partial charge on any atom is -0.211 e. The number of isocyanates is 1. The third-order valence-electron chi connectivity index (χ3n) is 0.727. The van der Waals surface area contributed by atoms with Crippen LogP contribution < -0.4 is 0 Å². The molecule has 0 rings (SSSR count). The highest BCUT2D eigenvalue weighted by Gasteiger charge is 2.19. The van der Waals surface area contributed by atoms with E-state index in [4.69, 9.17) is 0 Å². The lowest BCUT2D eigenvalue weighted by Crippen LogP contribution is -2.10. The zero-order valence-corrected chi connectivity index (χ0v) is 5.03. The minimum absolute atomic E-state index is 0.146. The summed E-state index contributed by atoms with van der Waals surface area (Å²) in [7, 11) is 0. The molecule has 0 aliphatic heterocycles. The fourth-order valence-corrected chi connectivity index (χ4v) is 0.298. The Kier molecular flexibility index (Phi) is 3.02. The molecule has 0 spiro atoms. The molecule has 0 aromatic rings.